The molecule has 0 aromatic heterocycles. The molecule has 2 amide bonds. The number of esters is 1. The molecule has 0 saturated heterocycles. The van der Waals surface area contributed by atoms with Gasteiger partial charge in [-0.15, -0.1) is 0 Å². The van der Waals surface area contributed by atoms with Crippen LogP contribution >= 0.6 is 0 Å². The Hall–Kier alpha value is -2.61. The normalized spacial score (nSPS) is 12.9. The van der Waals surface area contributed by atoms with Gasteiger partial charge in [-0.05, 0) is 25.3 Å². The molecule has 0 spiro atoms. The van der Waals surface area contributed by atoms with Crippen molar-refractivity contribution in [2.75, 3.05) is 19.7 Å². The second-order valence-corrected chi connectivity index (χ2v) is 7.08. The van der Waals surface area contributed by atoms with Crippen molar-refractivity contribution in [2.45, 2.75) is 46.3 Å². The quantitative estimate of drug-likeness (QED) is 0.523. The summed E-state index contributed by atoms with van der Waals surface area (Å²) in [4.78, 5) is 37.0. The molecule has 8 nitrogen and oxygen atoms in total. The van der Waals surface area contributed by atoms with Crippen molar-refractivity contribution < 1.29 is 29.3 Å². The van der Waals surface area contributed by atoms with Gasteiger partial charge in [0.05, 0.1) is 25.6 Å². The van der Waals surface area contributed by atoms with Gasteiger partial charge < -0.3 is 25.2 Å². The SMILES string of the molecule is CCOC(=O)C(O)CN(CC(C)C)C(=O)NC(CC(=O)O)c1ccc(C)cc1. The number of rotatable bonds is 10. The highest BCUT2D eigenvalue weighted by atomic mass is 16.5. The fourth-order valence-electron chi connectivity index (χ4n) is 2.67. The highest BCUT2D eigenvalue weighted by molar-refractivity contribution is 5.79. The molecule has 28 heavy (non-hydrogen) atoms. The summed E-state index contributed by atoms with van der Waals surface area (Å²) in [5, 5.41) is 21.9. The van der Waals surface area contributed by atoms with Gasteiger partial charge >= 0.3 is 18.0 Å². The van der Waals surface area contributed by atoms with Gasteiger partial charge in [0, 0.05) is 6.54 Å². The maximum Gasteiger partial charge on any atom is 0.336 e. The van der Waals surface area contributed by atoms with E-state index in [1.807, 2.05) is 32.9 Å². The number of amides is 2. The number of aryl methyl sites for hydroxylation is 1. The Bertz CT molecular complexity index is 659. The zero-order valence-electron chi connectivity index (χ0n) is 16.8. The molecule has 8 heteroatoms. The number of carboxylic acids is 1. The van der Waals surface area contributed by atoms with E-state index in [1.165, 1.54) is 4.90 Å². The summed E-state index contributed by atoms with van der Waals surface area (Å²) in [6, 6.07) is 5.93. The number of aliphatic carboxylic acids is 1. The van der Waals surface area contributed by atoms with E-state index in [2.05, 4.69) is 5.32 Å². The molecule has 0 fully saturated rings. The molecular weight excluding hydrogens is 364 g/mol. The molecule has 2 atom stereocenters. The van der Waals surface area contributed by atoms with Crippen LogP contribution in [0.5, 0.6) is 0 Å². The number of carbonyl (C=O) groups is 3. The first-order valence-electron chi connectivity index (χ1n) is 9.32. The number of hydrogen-bond acceptors (Lipinski definition) is 5. The molecule has 0 aliphatic heterocycles. The summed E-state index contributed by atoms with van der Waals surface area (Å²) in [5.74, 6) is -1.77. The maximum atomic E-state index is 12.8. The number of aliphatic hydroxyl groups is 1. The number of aliphatic hydroxyl groups excluding tert-OH is 1. The lowest BCUT2D eigenvalue weighted by Crippen LogP contribution is -2.48. The molecule has 0 aliphatic rings. The summed E-state index contributed by atoms with van der Waals surface area (Å²) in [6.45, 7) is 7.50. The van der Waals surface area contributed by atoms with Crippen LogP contribution in [0.25, 0.3) is 0 Å². The van der Waals surface area contributed by atoms with E-state index in [0.29, 0.717) is 5.56 Å². The zero-order chi connectivity index (χ0) is 21.3. The summed E-state index contributed by atoms with van der Waals surface area (Å²) in [6.07, 6.45) is -1.76. The van der Waals surface area contributed by atoms with Crippen LogP contribution in [0.2, 0.25) is 0 Å². The predicted molar refractivity (Wildman–Crippen MR) is 104 cm³/mol. The molecule has 3 N–H and O–H groups in total. The molecule has 1 rings (SSSR count). The molecule has 0 bridgehead atoms. The number of nitrogens with one attached hydrogen (secondary N) is 1. The van der Waals surface area contributed by atoms with Gasteiger partial charge in [-0.3, -0.25) is 4.79 Å². The van der Waals surface area contributed by atoms with Crippen LogP contribution in [0.15, 0.2) is 24.3 Å². The van der Waals surface area contributed by atoms with Gasteiger partial charge in [-0.2, -0.15) is 0 Å². The Labute approximate surface area is 165 Å². The molecule has 0 radical (unpaired) electrons. The summed E-state index contributed by atoms with van der Waals surface area (Å²) >= 11 is 0. The lowest BCUT2D eigenvalue weighted by molar-refractivity contribution is -0.153. The Kier molecular flexibility index (Phi) is 9.44. The van der Waals surface area contributed by atoms with Crippen LogP contribution in [-0.4, -0.2) is 58.9 Å². The molecule has 0 heterocycles. The summed E-state index contributed by atoms with van der Waals surface area (Å²) in [5.41, 5.74) is 1.68. The van der Waals surface area contributed by atoms with Crippen molar-refractivity contribution in [3.63, 3.8) is 0 Å². The molecular formula is C20H30N2O6. The highest BCUT2D eigenvalue weighted by Gasteiger charge is 2.26. The zero-order valence-corrected chi connectivity index (χ0v) is 16.8. The van der Waals surface area contributed by atoms with Crippen molar-refractivity contribution in [1.82, 2.24) is 10.2 Å². The van der Waals surface area contributed by atoms with E-state index in [9.17, 15) is 24.6 Å². The van der Waals surface area contributed by atoms with E-state index in [4.69, 9.17) is 4.74 Å². The van der Waals surface area contributed by atoms with Crippen molar-refractivity contribution in [2.24, 2.45) is 5.92 Å². The third-order valence-corrected chi connectivity index (χ3v) is 3.98. The largest absolute Gasteiger partial charge is 0.481 e. The maximum absolute atomic E-state index is 12.8. The fraction of sp³-hybridized carbons (Fsp3) is 0.550. The monoisotopic (exact) mass is 394 g/mol. The van der Waals surface area contributed by atoms with Crippen LogP contribution in [0.1, 0.15) is 44.4 Å². The number of urea groups is 1. The van der Waals surface area contributed by atoms with E-state index in [0.717, 1.165) is 5.56 Å². The van der Waals surface area contributed by atoms with Gasteiger partial charge in [-0.25, -0.2) is 9.59 Å². The smallest absolute Gasteiger partial charge is 0.336 e. The van der Waals surface area contributed by atoms with Crippen LogP contribution in [-0.2, 0) is 14.3 Å². The molecule has 1 aromatic carbocycles. The Morgan fingerprint density at radius 2 is 1.75 bits per heavy atom. The number of carbonyl (C=O) groups excluding carboxylic acids is 2. The van der Waals surface area contributed by atoms with Gasteiger partial charge in [0.15, 0.2) is 6.10 Å². The number of carboxylic acid groups (broad SMARTS) is 1. The van der Waals surface area contributed by atoms with Crippen LogP contribution in [0.3, 0.4) is 0 Å². The number of benzene rings is 1. The van der Waals surface area contributed by atoms with Gasteiger partial charge in [0.2, 0.25) is 0 Å². The summed E-state index contributed by atoms with van der Waals surface area (Å²) < 4.78 is 4.78. The predicted octanol–water partition coefficient (Wildman–Crippen LogP) is 2.10. The molecule has 1 aromatic rings. The number of nitrogens with zero attached hydrogens (tertiary/aromatic N) is 1. The third kappa shape index (κ3) is 7.96. The Morgan fingerprint density at radius 1 is 1.14 bits per heavy atom. The van der Waals surface area contributed by atoms with E-state index in [1.54, 1.807) is 19.1 Å². The molecule has 2 unspecified atom stereocenters. The first-order valence-corrected chi connectivity index (χ1v) is 9.32. The lowest BCUT2D eigenvalue weighted by atomic mass is 10.0. The van der Waals surface area contributed by atoms with Crippen molar-refractivity contribution in [1.29, 1.82) is 0 Å². The molecule has 156 valence electrons. The standard InChI is InChI=1S/C20H30N2O6/c1-5-28-19(26)17(23)12-22(11-13(2)3)20(27)21-16(10-18(24)25)15-8-6-14(4)7-9-15/h6-9,13,16-17,23H,5,10-12H2,1-4H3,(H,21,27)(H,24,25). The fourth-order valence-corrected chi connectivity index (χ4v) is 2.67. The average molecular weight is 394 g/mol. The Morgan fingerprint density at radius 3 is 2.25 bits per heavy atom. The number of hydrogen-bond donors (Lipinski definition) is 3. The van der Waals surface area contributed by atoms with Crippen LogP contribution < -0.4 is 5.32 Å². The minimum absolute atomic E-state index is 0.0810. The van der Waals surface area contributed by atoms with Crippen LogP contribution in [0.4, 0.5) is 4.79 Å². The van der Waals surface area contributed by atoms with Gasteiger partial charge in [0.1, 0.15) is 0 Å². The third-order valence-electron chi connectivity index (χ3n) is 3.98. The van der Waals surface area contributed by atoms with Crippen molar-refractivity contribution in [3.05, 3.63) is 35.4 Å². The van der Waals surface area contributed by atoms with E-state index in [-0.39, 0.29) is 32.0 Å². The number of ether oxygens (including phenoxy) is 1. The second kappa shape index (κ2) is 11.3. The van der Waals surface area contributed by atoms with Gasteiger partial charge in [-0.1, -0.05) is 43.7 Å². The lowest BCUT2D eigenvalue weighted by Gasteiger charge is -2.29. The minimum atomic E-state index is -1.47. The van der Waals surface area contributed by atoms with Gasteiger partial charge in [0.25, 0.3) is 0 Å². The topological polar surface area (TPSA) is 116 Å². The van der Waals surface area contributed by atoms with Crippen LogP contribution in [0, 0.1) is 12.8 Å². The highest BCUT2D eigenvalue weighted by Crippen LogP contribution is 2.18. The molecule has 0 saturated carbocycles. The van der Waals surface area contributed by atoms with Crippen molar-refractivity contribution in [3.8, 4) is 0 Å². The summed E-state index contributed by atoms with van der Waals surface area (Å²) in [7, 11) is 0. The Balaban J connectivity index is 2.95. The average Bonchev–Trinajstić information content (AvgIpc) is 2.60. The minimum Gasteiger partial charge on any atom is -0.481 e. The second-order valence-electron chi connectivity index (χ2n) is 7.08. The van der Waals surface area contributed by atoms with E-state index < -0.39 is 30.1 Å². The van der Waals surface area contributed by atoms with Crippen molar-refractivity contribution >= 4 is 18.0 Å². The first-order chi connectivity index (χ1) is 13.1. The first kappa shape index (κ1) is 23.4. The van der Waals surface area contributed by atoms with E-state index >= 15 is 0 Å². The molecule has 0 aliphatic carbocycles.